The molecule has 1 heterocycles. The number of amides is 1. The van der Waals surface area contributed by atoms with Gasteiger partial charge in [0.1, 0.15) is 0 Å². The number of thiazole rings is 1. The Balaban J connectivity index is 1.83. The van der Waals surface area contributed by atoms with Gasteiger partial charge < -0.3 is 10.6 Å². The Bertz CT molecular complexity index is 479. The van der Waals surface area contributed by atoms with Gasteiger partial charge in [0.2, 0.25) is 5.91 Å². The summed E-state index contributed by atoms with van der Waals surface area (Å²) >= 11 is 1.47. The van der Waals surface area contributed by atoms with Gasteiger partial charge in [-0.15, -0.1) is 11.3 Å². The fraction of sp³-hybridized carbons (Fsp3) is 0.167. The molecule has 5 heteroatoms. The maximum absolute atomic E-state index is 11.6. The number of aromatic nitrogens is 1. The monoisotopic (exact) mass is 247 g/mol. The maximum Gasteiger partial charge on any atom is 0.243 e. The molecule has 0 saturated carbocycles. The Morgan fingerprint density at radius 2 is 2.12 bits per heavy atom. The lowest BCUT2D eigenvalue weighted by molar-refractivity contribution is -0.114. The molecule has 2 rings (SSSR count). The molecule has 1 amide bonds. The summed E-state index contributed by atoms with van der Waals surface area (Å²) in [7, 11) is 0. The number of aryl methyl sites for hydroxylation is 1. The maximum atomic E-state index is 11.6. The average molecular weight is 247 g/mol. The Morgan fingerprint density at radius 3 is 2.76 bits per heavy atom. The molecule has 4 nitrogen and oxygen atoms in total. The lowest BCUT2D eigenvalue weighted by Crippen LogP contribution is -2.21. The van der Waals surface area contributed by atoms with Gasteiger partial charge in [-0.1, -0.05) is 17.7 Å². The first-order valence-electron chi connectivity index (χ1n) is 5.24. The molecule has 0 saturated heterocycles. The highest BCUT2D eigenvalue weighted by atomic mass is 32.1. The van der Waals surface area contributed by atoms with Crippen molar-refractivity contribution in [2.24, 2.45) is 0 Å². The molecule has 1 aromatic heterocycles. The molecule has 0 aliphatic heterocycles. The number of carbonyl (C=O) groups is 1. The van der Waals surface area contributed by atoms with Gasteiger partial charge in [0.05, 0.1) is 6.54 Å². The molecule has 0 aliphatic carbocycles. The quantitative estimate of drug-likeness (QED) is 0.872. The van der Waals surface area contributed by atoms with Crippen molar-refractivity contribution >= 4 is 28.1 Å². The second-order valence-electron chi connectivity index (χ2n) is 3.61. The Labute approximate surface area is 104 Å². The van der Waals surface area contributed by atoms with Crippen LogP contribution in [0.25, 0.3) is 0 Å². The summed E-state index contributed by atoms with van der Waals surface area (Å²) in [6.07, 6.45) is 1.70. The number of hydrogen-bond acceptors (Lipinski definition) is 4. The summed E-state index contributed by atoms with van der Waals surface area (Å²) in [4.78, 5) is 15.6. The van der Waals surface area contributed by atoms with Crippen molar-refractivity contribution < 1.29 is 4.79 Å². The second-order valence-corrected chi connectivity index (χ2v) is 4.50. The van der Waals surface area contributed by atoms with Crippen molar-refractivity contribution in [3.8, 4) is 0 Å². The van der Waals surface area contributed by atoms with Gasteiger partial charge in [0.25, 0.3) is 0 Å². The van der Waals surface area contributed by atoms with Crippen molar-refractivity contribution in [3.63, 3.8) is 0 Å². The summed E-state index contributed by atoms with van der Waals surface area (Å²) in [6.45, 7) is 2.23. The Hall–Kier alpha value is -1.88. The summed E-state index contributed by atoms with van der Waals surface area (Å²) in [5.41, 5.74) is 1.98. The first-order chi connectivity index (χ1) is 8.24. The molecule has 0 unspecified atom stereocenters. The molecule has 1 aromatic carbocycles. The van der Waals surface area contributed by atoms with Crippen molar-refractivity contribution in [1.82, 2.24) is 4.98 Å². The predicted octanol–water partition coefficient (Wildman–Crippen LogP) is 2.50. The Kier molecular flexibility index (Phi) is 3.72. The van der Waals surface area contributed by atoms with Crippen LogP contribution in [0, 0.1) is 6.92 Å². The molecule has 88 valence electrons. The van der Waals surface area contributed by atoms with Crippen LogP contribution in [-0.4, -0.2) is 17.4 Å². The standard InChI is InChI=1S/C12H13N3OS/c1-9-2-4-10(5-3-9)15-11(16)8-14-12-13-6-7-17-12/h2-7H,8H2,1H3,(H,13,14)(H,15,16). The van der Waals surface area contributed by atoms with Crippen molar-refractivity contribution in [1.29, 1.82) is 0 Å². The SMILES string of the molecule is Cc1ccc(NC(=O)CNc2nccs2)cc1. The molecule has 2 aromatic rings. The molecule has 0 atom stereocenters. The van der Waals surface area contributed by atoms with Gasteiger partial charge in [-0.3, -0.25) is 4.79 Å². The minimum Gasteiger partial charge on any atom is -0.352 e. The topological polar surface area (TPSA) is 54.0 Å². The first-order valence-corrected chi connectivity index (χ1v) is 6.12. The minimum absolute atomic E-state index is 0.0796. The zero-order valence-electron chi connectivity index (χ0n) is 9.43. The van der Waals surface area contributed by atoms with E-state index in [1.54, 1.807) is 6.20 Å². The van der Waals surface area contributed by atoms with E-state index in [4.69, 9.17) is 0 Å². The normalized spacial score (nSPS) is 9.94. The summed E-state index contributed by atoms with van der Waals surface area (Å²) in [5.74, 6) is -0.0796. The fourth-order valence-electron chi connectivity index (χ4n) is 1.31. The zero-order valence-corrected chi connectivity index (χ0v) is 10.3. The second kappa shape index (κ2) is 5.45. The van der Waals surface area contributed by atoms with Gasteiger partial charge in [-0.25, -0.2) is 4.98 Å². The van der Waals surface area contributed by atoms with Crippen LogP contribution in [0.15, 0.2) is 35.8 Å². The number of rotatable bonds is 4. The van der Waals surface area contributed by atoms with Crippen LogP contribution in [-0.2, 0) is 4.79 Å². The van der Waals surface area contributed by atoms with Gasteiger partial charge in [0, 0.05) is 17.3 Å². The number of anilines is 2. The van der Waals surface area contributed by atoms with Crippen LogP contribution in [0.5, 0.6) is 0 Å². The van der Waals surface area contributed by atoms with Crippen LogP contribution in [0.4, 0.5) is 10.8 Å². The lowest BCUT2D eigenvalue weighted by Gasteiger charge is -2.05. The number of hydrogen-bond donors (Lipinski definition) is 2. The van der Waals surface area contributed by atoms with Crippen LogP contribution in [0.3, 0.4) is 0 Å². The van der Waals surface area contributed by atoms with E-state index in [1.807, 2.05) is 36.6 Å². The van der Waals surface area contributed by atoms with Crippen LogP contribution < -0.4 is 10.6 Å². The van der Waals surface area contributed by atoms with E-state index in [1.165, 1.54) is 16.9 Å². The summed E-state index contributed by atoms with van der Waals surface area (Å²) < 4.78 is 0. The molecule has 0 fully saturated rings. The average Bonchev–Trinajstić information content (AvgIpc) is 2.83. The molecule has 17 heavy (non-hydrogen) atoms. The van der Waals surface area contributed by atoms with E-state index in [9.17, 15) is 4.79 Å². The molecular weight excluding hydrogens is 234 g/mol. The van der Waals surface area contributed by atoms with E-state index < -0.39 is 0 Å². The third-order valence-electron chi connectivity index (χ3n) is 2.17. The summed E-state index contributed by atoms with van der Waals surface area (Å²) in [5, 5.41) is 8.37. The molecular formula is C12H13N3OS. The third-order valence-corrected chi connectivity index (χ3v) is 2.90. The van der Waals surface area contributed by atoms with Crippen molar-refractivity contribution in [2.45, 2.75) is 6.92 Å². The van der Waals surface area contributed by atoms with Gasteiger partial charge in [0.15, 0.2) is 5.13 Å². The van der Waals surface area contributed by atoms with Crippen molar-refractivity contribution in [2.75, 3.05) is 17.2 Å². The van der Waals surface area contributed by atoms with Gasteiger partial charge in [-0.2, -0.15) is 0 Å². The van der Waals surface area contributed by atoms with E-state index in [0.29, 0.717) is 0 Å². The van der Waals surface area contributed by atoms with Crippen LogP contribution in [0.1, 0.15) is 5.56 Å². The smallest absolute Gasteiger partial charge is 0.243 e. The van der Waals surface area contributed by atoms with E-state index in [0.717, 1.165) is 10.8 Å². The predicted molar refractivity (Wildman–Crippen MR) is 70.4 cm³/mol. The summed E-state index contributed by atoms with van der Waals surface area (Å²) in [6, 6.07) is 7.70. The zero-order chi connectivity index (χ0) is 12.1. The molecule has 0 aliphatic rings. The van der Waals surface area contributed by atoms with Gasteiger partial charge in [-0.05, 0) is 19.1 Å². The lowest BCUT2D eigenvalue weighted by atomic mass is 10.2. The first kappa shape index (κ1) is 11.6. The van der Waals surface area contributed by atoms with E-state index in [2.05, 4.69) is 15.6 Å². The number of carbonyl (C=O) groups excluding carboxylic acids is 1. The number of benzene rings is 1. The highest BCUT2D eigenvalue weighted by Crippen LogP contribution is 2.10. The fourth-order valence-corrected chi connectivity index (χ4v) is 1.84. The van der Waals surface area contributed by atoms with E-state index in [-0.39, 0.29) is 12.5 Å². The highest BCUT2D eigenvalue weighted by molar-refractivity contribution is 7.13. The van der Waals surface area contributed by atoms with E-state index >= 15 is 0 Å². The molecule has 0 radical (unpaired) electrons. The van der Waals surface area contributed by atoms with Crippen LogP contribution in [0.2, 0.25) is 0 Å². The minimum atomic E-state index is -0.0796. The third kappa shape index (κ3) is 3.57. The van der Waals surface area contributed by atoms with Crippen molar-refractivity contribution in [3.05, 3.63) is 41.4 Å². The Morgan fingerprint density at radius 1 is 1.35 bits per heavy atom. The largest absolute Gasteiger partial charge is 0.352 e. The molecule has 2 N–H and O–H groups in total. The number of nitrogens with zero attached hydrogens (tertiary/aromatic N) is 1. The molecule has 0 bridgehead atoms. The molecule has 0 spiro atoms. The van der Waals surface area contributed by atoms with Crippen LogP contribution >= 0.6 is 11.3 Å². The van der Waals surface area contributed by atoms with Gasteiger partial charge >= 0.3 is 0 Å². The number of nitrogens with one attached hydrogen (secondary N) is 2. The highest BCUT2D eigenvalue weighted by Gasteiger charge is 2.02.